The van der Waals surface area contributed by atoms with Crippen LogP contribution < -0.4 is 4.74 Å². The number of ether oxygens (including phenoxy) is 1. The van der Waals surface area contributed by atoms with E-state index in [9.17, 15) is 0 Å². The minimum atomic E-state index is -0.165. The van der Waals surface area contributed by atoms with E-state index in [1.807, 2.05) is 11.3 Å². The molecule has 1 unspecified atom stereocenters. The minimum Gasteiger partial charge on any atom is -0.457 e. The maximum absolute atomic E-state index is 6.88. The summed E-state index contributed by atoms with van der Waals surface area (Å²) in [5.74, 6) is 1.56. The van der Waals surface area contributed by atoms with Crippen LogP contribution in [0.5, 0.6) is 11.5 Å². The quantitative estimate of drug-likeness (QED) is 0.126. The van der Waals surface area contributed by atoms with Crippen molar-refractivity contribution in [3.05, 3.63) is 331 Å². The van der Waals surface area contributed by atoms with Crippen molar-refractivity contribution in [1.29, 1.82) is 0 Å². The molecule has 4 heteroatoms. The molecule has 13 aromatic carbocycles. The minimum absolute atomic E-state index is 0.165. The fourth-order valence-corrected chi connectivity index (χ4v) is 15.0. The molecule has 0 fully saturated rings. The van der Waals surface area contributed by atoms with Gasteiger partial charge in [-0.2, -0.15) is 0 Å². The molecule has 17 rings (SSSR count). The third-order valence-corrected chi connectivity index (χ3v) is 19.5. The van der Waals surface area contributed by atoms with E-state index in [0.29, 0.717) is 0 Å². The Morgan fingerprint density at radius 2 is 0.708 bits per heavy atom. The Bertz CT molecular complexity index is 5450. The van der Waals surface area contributed by atoms with Crippen molar-refractivity contribution >= 4 is 71.1 Å². The second kappa shape index (κ2) is 21.4. The SMILES string of the molecule is CC1(c2ccc3c(c2)c2cc(-c4ccc5c(c4)c4cc(Oc6cccc(-c7cccc(-c8cccc(-c9cccc(-c%10cccc(-c%11ccccc%11)c%10)c9)c8)c7)c6)ccc4n5-c4ccccc4)ccc2n3-c2ccccc2)C=Cc2sc3ccccc3c2C1. The third kappa shape index (κ3) is 9.36. The lowest BCUT2D eigenvalue weighted by atomic mass is 9.74. The van der Waals surface area contributed by atoms with E-state index in [1.54, 1.807) is 0 Å². The molecule has 0 N–H and O–H groups in total. The molecule has 0 bridgehead atoms. The Balaban J connectivity index is 0.699. The van der Waals surface area contributed by atoms with Gasteiger partial charge in [0.2, 0.25) is 0 Å². The number of hydrogen-bond acceptors (Lipinski definition) is 2. The zero-order chi connectivity index (χ0) is 59.0. The van der Waals surface area contributed by atoms with Crippen LogP contribution in [-0.4, -0.2) is 9.13 Å². The van der Waals surface area contributed by atoms with Crippen LogP contribution in [0.4, 0.5) is 0 Å². The monoisotopic (exact) mass is 1150 g/mol. The molecule has 1 aliphatic carbocycles. The van der Waals surface area contributed by atoms with Crippen LogP contribution in [0.25, 0.3) is 138 Å². The van der Waals surface area contributed by atoms with E-state index in [0.717, 1.165) is 73.4 Å². The lowest BCUT2D eigenvalue weighted by Crippen LogP contribution is -2.24. The highest BCUT2D eigenvalue weighted by Gasteiger charge is 2.31. The molecule has 3 aromatic heterocycles. The molecule has 0 saturated carbocycles. The van der Waals surface area contributed by atoms with Gasteiger partial charge >= 0.3 is 0 Å². The number of aromatic nitrogens is 2. The molecule has 0 radical (unpaired) electrons. The smallest absolute Gasteiger partial charge is 0.128 e. The first-order valence-electron chi connectivity index (χ1n) is 30.6. The van der Waals surface area contributed by atoms with Crippen molar-refractivity contribution in [1.82, 2.24) is 9.13 Å². The van der Waals surface area contributed by atoms with Crippen LogP contribution in [0.3, 0.4) is 0 Å². The second-order valence-corrected chi connectivity index (χ2v) is 25.0. The maximum Gasteiger partial charge on any atom is 0.128 e. The molecule has 1 atom stereocenters. The summed E-state index contributed by atoms with van der Waals surface area (Å²) < 4.78 is 13.1. The normalized spacial score (nSPS) is 13.9. The van der Waals surface area contributed by atoms with Gasteiger partial charge in [0.1, 0.15) is 11.5 Å². The number of fused-ring (bicyclic) bond motifs is 9. The van der Waals surface area contributed by atoms with Gasteiger partial charge in [0.25, 0.3) is 0 Å². The van der Waals surface area contributed by atoms with Gasteiger partial charge in [0, 0.05) is 47.9 Å². The van der Waals surface area contributed by atoms with Gasteiger partial charge < -0.3 is 13.9 Å². The standard InChI is InChI=1S/C85H58N2OS/c1-85(45-44-84-78(55-85)73-34-11-12-35-83(73)89-84)68-38-42-81-76(53-68)74-51-66(36-40-79(74)86(81)69-29-7-3-8-30-69)67-37-41-80-75(52-67)77-54-72(39-43-82(77)87(80)70-31-9-4-10-32-70)88-71-33-17-28-65(50-71)64-27-16-26-63(49-64)62-25-15-24-61(48-62)60-23-14-22-59(47-60)58-21-13-20-57(46-58)56-18-5-2-6-19-56/h2-54H,55H2,1H3. The number of para-hydroxylation sites is 2. The zero-order valence-corrected chi connectivity index (χ0v) is 49.8. The number of benzene rings is 13. The van der Waals surface area contributed by atoms with Crippen LogP contribution in [0.1, 0.15) is 22.9 Å². The van der Waals surface area contributed by atoms with Gasteiger partial charge in [0.15, 0.2) is 0 Å². The molecule has 3 nitrogen and oxygen atoms in total. The van der Waals surface area contributed by atoms with Crippen molar-refractivity contribution in [2.24, 2.45) is 0 Å². The number of allylic oxidation sites excluding steroid dienone is 1. The van der Waals surface area contributed by atoms with Crippen molar-refractivity contribution in [3.63, 3.8) is 0 Å². The predicted octanol–water partition coefficient (Wildman–Crippen LogP) is 23.4. The highest BCUT2D eigenvalue weighted by molar-refractivity contribution is 7.20. The molecule has 0 saturated heterocycles. The van der Waals surface area contributed by atoms with Crippen LogP contribution in [0.15, 0.2) is 315 Å². The first kappa shape index (κ1) is 52.3. The summed E-state index contributed by atoms with van der Waals surface area (Å²) in [5.41, 5.74) is 23.6. The van der Waals surface area contributed by atoms with Crippen LogP contribution in [0.2, 0.25) is 0 Å². The van der Waals surface area contributed by atoms with Crippen molar-refractivity contribution in [2.75, 3.05) is 0 Å². The number of nitrogens with zero attached hydrogens (tertiary/aromatic N) is 2. The van der Waals surface area contributed by atoms with Gasteiger partial charge in [-0.25, -0.2) is 0 Å². The van der Waals surface area contributed by atoms with E-state index < -0.39 is 0 Å². The fourth-order valence-electron chi connectivity index (χ4n) is 13.9. The topological polar surface area (TPSA) is 19.1 Å². The molecular weight excluding hydrogens is 1100 g/mol. The average Bonchev–Trinajstić information content (AvgIpc) is 2.16. The first-order chi connectivity index (χ1) is 43.9. The van der Waals surface area contributed by atoms with Crippen LogP contribution >= 0.6 is 11.3 Å². The molecule has 1 aliphatic rings. The van der Waals surface area contributed by atoms with Gasteiger partial charge in [-0.05, 0) is 217 Å². The summed E-state index contributed by atoms with van der Waals surface area (Å²) in [6, 6.07) is 113. The van der Waals surface area contributed by atoms with Crippen molar-refractivity contribution in [2.45, 2.75) is 18.8 Å². The summed E-state index contributed by atoms with van der Waals surface area (Å²) in [5, 5.41) is 6.15. The Morgan fingerprint density at radius 1 is 0.315 bits per heavy atom. The molecule has 3 heterocycles. The largest absolute Gasteiger partial charge is 0.457 e. The van der Waals surface area contributed by atoms with Gasteiger partial charge in [-0.1, -0.05) is 201 Å². The second-order valence-electron chi connectivity index (χ2n) is 23.9. The van der Waals surface area contributed by atoms with E-state index >= 15 is 0 Å². The van der Waals surface area contributed by atoms with Gasteiger partial charge in [0.05, 0.1) is 22.1 Å². The van der Waals surface area contributed by atoms with Gasteiger partial charge in [-0.3, -0.25) is 0 Å². The summed E-state index contributed by atoms with van der Waals surface area (Å²) in [6.45, 7) is 2.41. The van der Waals surface area contributed by atoms with Crippen molar-refractivity contribution < 1.29 is 4.74 Å². The molecule has 0 amide bonds. The average molecular weight is 1160 g/mol. The zero-order valence-electron chi connectivity index (χ0n) is 49.0. The number of rotatable bonds is 11. The molecular formula is C85H58N2OS. The summed E-state index contributed by atoms with van der Waals surface area (Å²) in [6.07, 6.45) is 5.77. The van der Waals surface area contributed by atoms with E-state index in [1.165, 1.54) is 92.4 Å². The number of hydrogen-bond donors (Lipinski definition) is 0. The molecule has 420 valence electrons. The van der Waals surface area contributed by atoms with E-state index in [-0.39, 0.29) is 5.41 Å². The molecule has 89 heavy (non-hydrogen) atoms. The maximum atomic E-state index is 6.88. The van der Waals surface area contributed by atoms with E-state index in [4.69, 9.17) is 4.74 Å². The lowest BCUT2D eigenvalue weighted by molar-refractivity contribution is 0.483. The predicted molar refractivity (Wildman–Crippen MR) is 376 cm³/mol. The lowest BCUT2D eigenvalue weighted by Gasteiger charge is -2.30. The number of thiophene rings is 1. The van der Waals surface area contributed by atoms with Crippen molar-refractivity contribution in [3.8, 4) is 89.6 Å². The third-order valence-electron chi connectivity index (χ3n) is 18.4. The Labute approximate surface area is 521 Å². The highest BCUT2D eigenvalue weighted by atomic mass is 32.1. The molecule has 16 aromatic rings. The summed E-state index contributed by atoms with van der Waals surface area (Å²) in [4.78, 5) is 1.38. The summed E-state index contributed by atoms with van der Waals surface area (Å²) >= 11 is 1.90. The highest BCUT2D eigenvalue weighted by Crippen LogP contribution is 2.46. The molecule has 0 spiro atoms. The van der Waals surface area contributed by atoms with Gasteiger partial charge in [-0.15, -0.1) is 11.3 Å². The van der Waals surface area contributed by atoms with E-state index in [2.05, 4.69) is 338 Å². The first-order valence-corrected chi connectivity index (χ1v) is 31.5. The summed E-state index contributed by atoms with van der Waals surface area (Å²) in [7, 11) is 0. The van der Waals surface area contributed by atoms with Crippen LogP contribution in [0, 0.1) is 0 Å². The van der Waals surface area contributed by atoms with Crippen LogP contribution in [-0.2, 0) is 11.8 Å². The Morgan fingerprint density at radius 3 is 1.25 bits per heavy atom. The fraction of sp³-hybridized carbons (Fsp3) is 0.0353. The molecule has 0 aliphatic heterocycles. The Hall–Kier alpha value is -11.0. The Kier molecular flexibility index (Phi) is 12.6.